The summed E-state index contributed by atoms with van der Waals surface area (Å²) in [6.45, 7) is 6.31. The molecule has 2 nitrogen and oxygen atoms in total. The first-order chi connectivity index (χ1) is 20.0. The van der Waals surface area contributed by atoms with E-state index in [4.69, 9.17) is 4.99 Å². The third-order valence-corrected chi connectivity index (χ3v) is 10.9. The molecule has 0 N–H and O–H groups in total. The lowest BCUT2D eigenvalue weighted by Gasteiger charge is -2.41. The van der Waals surface area contributed by atoms with Gasteiger partial charge in [-0.1, -0.05) is 68.3 Å². The highest BCUT2D eigenvalue weighted by atomic mass is 19.2. The summed E-state index contributed by atoms with van der Waals surface area (Å²) in [5.74, 6) is 1.04. The summed E-state index contributed by atoms with van der Waals surface area (Å²) in [5, 5.41) is 0. The first kappa shape index (κ1) is 25.5. The number of aromatic nitrogens is 1. The van der Waals surface area contributed by atoms with Crippen molar-refractivity contribution < 1.29 is 8.63 Å². The molecule has 208 valence electrons. The quantitative estimate of drug-likeness (QED) is 0.216. The average Bonchev–Trinajstić information content (AvgIpc) is 3.52. The van der Waals surface area contributed by atoms with Gasteiger partial charge in [0.2, 0.25) is 0 Å². The van der Waals surface area contributed by atoms with Crippen LogP contribution in [0.3, 0.4) is 0 Å². The van der Waals surface area contributed by atoms with Gasteiger partial charge in [0.25, 0.3) is 0 Å². The molecule has 2 aromatic carbocycles. The van der Waals surface area contributed by atoms with Crippen molar-refractivity contribution in [1.29, 1.82) is 0 Å². The fraction of sp³-hybridized carbons (Fsp3) is 0.417. The highest BCUT2D eigenvalue weighted by molar-refractivity contribution is 6.41. The summed E-state index contributed by atoms with van der Waals surface area (Å²) >= 11 is 0. The second-order valence-electron chi connectivity index (χ2n) is 12.8. The Kier molecular flexibility index (Phi) is 5.85. The predicted molar refractivity (Wildman–Crippen MR) is 164 cm³/mol. The Morgan fingerprint density at radius 1 is 0.780 bits per heavy atom. The number of allylic oxidation sites excluding steroid dienone is 3. The van der Waals surface area contributed by atoms with Crippen LogP contribution in [0, 0.1) is 6.92 Å². The average molecular weight is 547 g/mol. The molecule has 0 unspecified atom stereocenters. The number of aliphatic imine (C=N–C) groups is 1. The van der Waals surface area contributed by atoms with Crippen LogP contribution in [0.5, 0.6) is 0 Å². The zero-order chi connectivity index (χ0) is 28.0. The highest BCUT2D eigenvalue weighted by Gasteiger charge is 2.47. The maximum Gasteiger partial charge on any atom is 0.677 e. The Hall–Kier alpha value is -3.21. The molecule has 2 heterocycles. The smallest absolute Gasteiger partial charge is 0.329 e. The van der Waals surface area contributed by atoms with Gasteiger partial charge >= 0.3 is 7.40 Å². The van der Waals surface area contributed by atoms with E-state index >= 15 is 8.63 Å². The molecule has 0 saturated heterocycles. The summed E-state index contributed by atoms with van der Waals surface area (Å²) in [5.41, 5.74) is 15.4. The fourth-order valence-corrected chi connectivity index (χ4v) is 9.41. The van der Waals surface area contributed by atoms with Gasteiger partial charge in [0.1, 0.15) is 0 Å². The Morgan fingerprint density at radius 2 is 1.32 bits per heavy atom. The Balaban J connectivity index is 1.40. The van der Waals surface area contributed by atoms with Crippen molar-refractivity contribution in [3.8, 4) is 0 Å². The SMILES string of the molecule is CCCCC/C(=C1/N=C(C)C2=C1[C@@H]1CC[C@H]2c2ccccc21)c1c2c(c(C)n1B(F)F)[C@H]1CC[C@@H]2c2ccccc21. The second-order valence-corrected chi connectivity index (χ2v) is 12.8. The molecule has 1 aliphatic heterocycles. The van der Waals surface area contributed by atoms with Crippen LogP contribution in [-0.2, 0) is 0 Å². The van der Waals surface area contributed by atoms with Gasteiger partial charge in [0.05, 0.1) is 5.70 Å². The number of halogens is 2. The molecule has 6 aliphatic carbocycles. The van der Waals surface area contributed by atoms with E-state index in [1.165, 1.54) is 49.0 Å². The van der Waals surface area contributed by atoms with Gasteiger partial charge in [0.15, 0.2) is 0 Å². The zero-order valence-corrected chi connectivity index (χ0v) is 24.3. The molecule has 4 bridgehead atoms. The van der Waals surface area contributed by atoms with E-state index in [0.29, 0.717) is 11.8 Å². The number of fused-ring (bicyclic) bond motifs is 2. The van der Waals surface area contributed by atoms with E-state index in [1.807, 2.05) is 6.92 Å². The van der Waals surface area contributed by atoms with E-state index in [2.05, 4.69) is 62.4 Å². The minimum absolute atomic E-state index is 0.171. The topological polar surface area (TPSA) is 17.3 Å². The summed E-state index contributed by atoms with van der Waals surface area (Å²) in [6, 6.07) is 17.6. The predicted octanol–water partition coefficient (Wildman–Crippen LogP) is 9.68. The molecule has 0 radical (unpaired) electrons. The minimum atomic E-state index is -2.58. The molecule has 10 rings (SSSR count). The maximum atomic E-state index is 15.3. The molecule has 41 heavy (non-hydrogen) atoms. The van der Waals surface area contributed by atoms with Crippen LogP contribution in [0.15, 0.2) is 70.4 Å². The molecule has 7 aliphatic rings. The normalized spacial score (nSPS) is 26.0. The first-order valence-corrected chi connectivity index (χ1v) is 15.7. The van der Waals surface area contributed by atoms with Crippen LogP contribution < -0.4 is 0 Å². The molecule has 3 aromatic rings. The van der Waals surface area contributed by atoms with Crippen LogP contribution in [0.25, 0.3) is 5.57 Å². The van der Waals surface area contributed by atoms with E-state index in [0.717, 1.165) is 79.7 Å². The van der Waals surface area contributed by atoms with Crippen molar-refractivity contribution in [2.45, 2.75) is 95.8 Å². The van der Waals surface area contributed by atoms with Gasteiger partial charge in [-0.05, 0) is 96.9 Å². The number of hydrogen-bond donors (Lipinski definition) is 0. The molecule has 4 atom stereocenters. The summed E-state index contributed by atoms with van der Waals surface area (Å²) < 4.78 is 31.9. The van der Waals surface area contributed by atoms with Crippen LogP contribution in [0.1, 0.15) is 134 Å². The molecule has 0 spiro atoms. The van der Waals surface area contributed by atoms with Crippen LogP contribution in [-0.4, -0.2) is 17.6 Å². The van der Waals surface area contributed by atoms with Gasteiger partial charge in [-0.3, -0.25) is 13.6 Å². The van der Waals surface area contributed by atoms with E-state index in [9.17, 15) is 0 Å². The van der Waals surface area contributed by atoms with Gasteiger partial charge in [-0.2, -0.15) is 0 Å². The van der Waals surface area contributed by atoms with Crippen molar-refractivity contribution in [2.75, 3.05) is 0 Å². The van der Waals surface area contributed by atoms with Crippen molar-refractivity contribution in [1.82, 2.24) is 4.48 Å². The largest absolute Gasteiger partial charge is 0.677 e. The summed E-state index contributed by atoms with van der Waals surface area (Å²) in [7, 11) is -2.58. The van der Waals surface area contributed by atoms with Gasteiger partial charge < -0.3 is 4.48 Å². The number of nitrogens with zero attached hydrogens (tertiary/aromatic N) is 2. The third-order valence-electron chi connectivity index (χ3n) is 10.9. The third kappa shape index (κ3) is 3.44. The Bertz CT molecular complexity index is 1690. The number of hydrogen-bond acceptors (Lipinski definition) is 1. The Morgan fingerprint density at radius 3 is 1.90 bits per heavy atom. The molecule has 5 heteroatoms. The van der Waals surface area contributed by atoms with E-state index < -0.39 is 7.40 Å². The molecule has 0 amide bonds. The van der Waals surface area contributed by atoms with Gasteiger partial charge in [0, 0.05) is 46.3 Å². The minimum Gasteiger partial charge on any atom is -0.329 e. The standard InChI is InChI=1S/C36H37BF2N2/c1-4-5-6-15-30(35-33-28-18-16-26(31(33)20(2)40-35)22-11-7-9-13-24(22)28)36-34-29-19-17-27(23-12-8-10-14-25(23)29)32(34)21(3)41(36)37(38)39/h7-14,26-29H,4-6,15-19H2,1-3H3/b35-30-/t26-,27-,28+,29+/m0/s1. The van der Waals surface area contributed by atoms with Crippen molar-refractivity contribution in [2.24, 2.45) is 4.99 Å². The van der Waals surface area contributed by atoms with Crippen molar-refractivity contribution >= 4 is 18.7 Å². The highest BCUT2D eigenvalue weighted by Crippen LogP contribution is 2.60. The molecular formula is C36H37BF2N2. The molecular weight excluding hydrogens is 509 g/mol. The first-order valence-electron chi connectivity index (χ1n) is 15.7. The number of unbranched alkanes of at least 4 members (excludes halogenated alkanes) is 2. The lowest BCUT2D eigenvalue weighted by atomic mass is 9.62. The maximum absolute atomic E-state index is 15.3. The van der Waals surface area contributed by atoms with Crippen molar-refractivity contribution in [3.63, 3.8) is 0 Å². The van der Waals surface area contributed by atoms with Gasteiger partial charge in [-0.25, -0.2) is 0 Å². The summed E-state index contributed by atoms with van der Waals surface area (Å²) in [6.07, 6.45) is 8.29. The monoisotopic (exact) mass is 546 g/mol. The van der Waals surface area contributed by atoms with Gasteiger partial charge in [-0.15, -0.1) is 0 Å². The molecule has 0 saturated carbocycles. The lowest BCUT2D eigenvalue weighted by molar-refractivity contribution is 0.520. The fourth-order valence-electron chi connectivity index (χ4n) is 9.41. The number of benzene rings is 2. The zero-order valence-electron chi connectivity index (χ0n) is 24.3. The molecule has 1 aromatic heterocycles. The molecule has 0 fully saturated rings. The van der Waals surface area contributed by atoms with E-state index in [-0.39, 0.29) is 11.8 Å². The van der Waals surface area contributed by atoms with Crippen LogP contribution in [0.2, 0.25) is 0 Å². The van der Waals surface area contributed by atoms with Crippen LogP contribution in [0.4, 0.5) is 8.63 Å². The Labute approximate surface area is 242 Å². The number of rotatable bonds is 6. The second kappa shape index (κ2) is 9.41. The van der Waals surface area contributed by atoms with E-state index in [1.54, 1.807) is 0 Å². The summed E-state index contributed by atoms with van der Waals surface area (Å²) in [4.78, 5) is 5.34. The van der Waals surface area contributed by atoms with Crippen molar-refractivity contribution in [3.05, 3.63) is 110 Å². The van der Waals surface area contributed by atoms with Crippen LogP contribution >= 0.6 is 0 Å². The lowest BCUT2D eigenvalue weighted by Crippen LogP contribution is -2.27.